The zero-order valence-corrected chi connectivity index (χ0v) is 9.85. The Bertz CT molecular complexity index is 397. The molecule has 1 nitrogen and oxygen atoms in total. The molecule has 0 N–H and O–H groups in total. The number of halogens is 4. The minimum absolute atomic E-state index is 0.172. The van der Waals surface area contributed by atoms with E-state index in [0.29, 0.717) is 0 Å². The normalized spacial score (nSPS) is 18.4. The Labute approximate surface area is 103 Å². The summed E-state index contributed by atoms with van der Waals surface area (Å²) in [5.74, 6) is 0.172. The molecule has 0 saturated carbocycles. The number of piperidine rings is 1. The Morgan fingerprint density at radius 3 is 2.41 bits per heavy atom. The van der Waals surface area contributed by atoms with Gasteiger partial charge in [-0.25, -0.2) is 5.32 Å². The van der Waals surface area contributed by atoms with Crippen molar-refractivity contribution >= 4 is 11.6 Å². The number of benzene rings is 1. The molecule has 0 spiro atoms. The van der Waals surface area contributed by atoms with E-state index in [1.54, 1.807) is 6.07 Å². The molecule has 0 aliphatic carbocycles. The highest BCUT2D eigenvalue weighted by Gasteiger charge is 2.34. The highest BCUT2D eigenvalue weighted by molar-refractivity contribution is 6.31. The van der Waals surface area contributed by atoms with Crippen molar-refractivity contribution in [1.29, 1.82) is 0 Å². The summed E-state index contributed by atoms with van der Waals surface area (Å²) in [5.41, 5.74) is -0.0178. The third-order valence-corrected chi connectivity index (χ3v) is 3.37. The van der Waals surface area contributed by atoms with E-state index in [4.69, 9.17) is 11.6 Å². The average molecular weight is 263 g/mol. The number of rotatable bonds is 1. The lowest BCUT2D eigenvalue weighted by Gasteiger charge is -2.23. The van der Waals surface area contributed by atoms with Gasteiger partial charge in [-0.3, -0.25) is 0 Å². The van der Waals surface area contributed by atoms with Gasteiger partial charge in [-0.1, -0.05) is 17.7 Å². The molecule has 93 valence electrons. The van der Waals surface area contributed by atoms with Crippen LogP contribution in [-0.2, 0) is 6.18 Å². The fourth-order valence-corrected chi connectivity index (χ4v) is 2.32. The van der Waals surface area contributed by atoms with E-state index in [0.717, 1.165) is 31.5 Å². The van der Waals surface area contributed by atoms with Crippen LogP contribution in [0, 0.1) is 0 Å². The van der Waals surface area contributed by atoms with Gasteiger partial charge in [0.2, 0.25) is 0 Å². The zero-order chi connectivity index (χ0) is 12.5. The van der Waals surface area contributed by atoms with Gasteiger partial charge >= 0.3 is 6.18 Å². The van der Waals surface area contributed by atoms with Crippen LogP contribution >= 0.6 is 11.6 Å². The van der Waals surface area contributed by atoms with Crippen LogP contribution in [-0.4, -0.2) is 13.1 Å². The summed E-state index contributed by atoms with van der Waals surface area (Å²) < 4.78 is 38.1. The van der Waals surface area contributed by atoms with Gasteiger partial charge in [0.25, 0.3) is 0 Å². The molecule has 0 unspecified atom stereocenters. The predicted molar refractivity (Wildman–Crippen MR) is 60.3 cm³/mol. The van der Waals surface area contributed by atoms with E-state index in [-0.39, 0.29) is 10.9 Å². The highest BCUT2D eigenvalue weighted by Crippen LogP contribution is 2.37. The van der Waals surface area contributed by atoms with Crippen molar-refractivity contribution in [2.45, 2.75) is 24.9 Å². The van der Waals surface area contributed by atoms with Crippen LogP contribution in [0.5, 0.6) is 0 Å². The molecule has 1 fully saturated rings. The standard InChI is InChI=1S/C12H12ClF3N/c13-11-2-1-9(7-10(11)12(14,15)16)8-3-5-17-6-4-8/h1-2,7-8H,3-6H2. The molecule has 1 aliphatic heterocycles. The third kappa shape index (κ3) is 2.93. The monoisotopic (exact) mass is 262 g/mol. The van der Waals surface area contributed by atoms with Crippen molar-refractivity contribution in [3.63, 3.8) is 0 Å². The van der Waals surface area contributed by atoms with Crippen molar-refractivity contribution in [2.24, 2.45) is 0 Å². The molecule has 17 heavy (non-hydrogen) atoms. The predicted octanol–water partition coefficient (Wildman–Crippen LogP) is 3.84. The minimum Gasteiger partial charge on any atom is -0.242 e. The van der Waals surface area contributed by atoms with Crippen molar-refractivity contribution in [3.8, 4) is 0 Å². The lowest BCUT2D eigenvalue weighted by Crippen LogP contribution is -2.21. The summed E-state index contributed by atoms with van der Waals surface area (Å²) in [6, 6.07) is 4.21. The lowest BCUT2D eigenvalue weighted by molar-refractivity contribution is -0.137. The van der Waals surface area contributed by atoms with Crippen molar-refractivity contribution in [1.82, 2.24) is 5.32 Å². The van der Waals surface area contributed by atoms with Crippen LogP contribution in [0.4, 0.5) is 13.2 Å². The maximum atomic E-state index is 12.7. The molecule has 0 bridgehead atoms. The number of alkyl halides is 3. The molecular weight excluding hydrogens is 251 g/mol. The highest BCUT2D eigenvalue weighted by atomic mass is 35.5. The van der Waals surface area contributed by atoms with E-state index < -0.39 is 11.7 Å². The molecule has 5 heteroatoms. The number of hydrogen-bond donors (Lipinski definition) is 0. The van der Waals surface area contributed by atoms with Gasteiger partial charge in [0.15, 0.2) is 0 Å². The van der Waals surface area contributed by atoms with Gasteiger partial charge < -0.3 is 0 Å². The van der Waals surface area contributed by atoms with Crippen molar-refractivity contribution < 1.29 is 13.2 Å². The van der Waals surface area contributed by atoms with Gasteiger partial charge in [0.1, 0.15) is 0 Å². The van der Waals surface area contributed by atoms with E-state index in [1.807, 2.05) is 0 Å². The van der Waals surface area contributed by atoms with E-state index >= 15 is 0 Å². The zero-order valence-electron chi connectivity index (χ0n) is 9.10. The third-order valence-electron chi connectivity index (χ3n) is 3.04. The molecule has 1 heterocycles. The second kappa shape index (κ2) is 4.86. The Balaban J connectivity index is 2.30. The molecule has 2 rings (SSSR count). The van der Waals surface area contributed by atoms with E-state index in [1.165, 1.54) is 12.1 Å². The Kier molecular flexibility index (Phi) is 3.64. The maximum Gasteiger partial charge on any atom is 0.417 e. The maximum absolute atomic E-state index is 12.7. The number of hydrogen-bond acceptors (Lipinski definition) is 0. The van der Waals surface area contributed by atoms with Gasteiger partial charge in [-0.2, -0.15) is 13.2 Å². The van der Waals surface area contributed by atoms with Crippen LogP contribution in [0.3, 0.4) is 0 Å². The first-order valence-corrected chi connectivity index (χ1v) is 5.86. The second-order valence-electron chi connectivity index (χ2n) is 4.18. The SMILES string of the molecule is FC(F)(F)c1cc(C2CC[N]CC2)ccc1Cl. The molecule has 1 aliphatic rings. The molecule has 1 saturated heterocycles. The number of nitrogens with zero attached hydrogens (tertiary/aromatic N) is 1. The van der Waals surface area contributed by atoms with Crippen LogP contribution in [0.1, 0.15) is 29.9 Å². The summed E-state index contributed by atoms with van der Waals surface area (Å²) in [4.78, 5) is 0. The van der Waals surface area contributed by atoms with Crippen LogP contribution in [0.2, 0.25) is 5.02 Å². The summed E-state index contributed by atoms with van der Waals surface area (Å²) in [7, 11) is 0. The Hall–Kier alpha value is -0.740. The smallest absolute Gasteiger partial charge is 0.242 e. The quantitative estimate of drug-likeness (QED) is 0.730. The Morgan fingerprint density at radius 2 is 1.82 bits per heavy atom. The summed E-state index contributed by atoms with van der Waals surface area (Å²) in [6.07, 6.45) is -2.75. The van der Waals surface area contributed by atoms with Gasteiger partial charge in [0, 0.05) is 13.1 Å². The van der Waals surface area contributed by atoms with Gasteiger partial charge in [0.05, 0.1) is 10.6 Å². The van der Waals surface area contributed by atoms with E-state index in [2.05, 4.69) is 5.32 Å². The Morgan fingerprint density at radius 1 is 1.18 bits per heavy atom. The molecule has 1 aromatic rings. The summed E-state index contributed by atoms with van der Waals surface area (Å²) >= 11 is 5.58. The van der Waals surface area contributed by atoms with Crippen molar-refractivity contribution in [3.05, 3.63) is 34.3 Å². The van der Waals surface area contributed by atoms with Crippen LogP contribution in [0.15, 0.2) is 18.2 Å². The minimum atomic E-state index is -4.38. The molecule has 0 amide bonds. The van der Waals surface area contributed by atoms with E-state index in [9.17, 15) is 13.2 Å². The lowest BCUT2D eigenvalue weighted by atomic mass is 9.89. The molecule has 1 radical (unpaired) electrons. The average Bonchev–Trinajstić information content (AvgIpc) is 2.29. The van der Waals surface area contributed by atoms with Crippen LogP contribution in [0.25, 0.3) is 0 Å². The fourth-order valence-electron chi connectivity index (χ4n) is 2.10. The second-order valence-corrected chi connectivity index (χ2v) is 4.59. The first-order chi connectivity index (χ1) is 7.98. The first-order valence-electron chi connectivity index (χ1n) is 5.48. The topological polar surface area (TPSA) is 14.1 Å². The molecular formula is C12H12ClF3N. The van der Waals surface area contributed by atoms with Gasteiger partial charge in [-0.15, -0.1) is 0 Å². The molecule has 0 atom stereocenters. The van der Waals surface area contributed by atoms with Crippen LogP contribution < -0.4 is 5.32 Å². The van der Waals surface area contributed by atoms with Crippen molar-refractivity contribution in [2.75, 3.05) is 13.1 Å². The largest absolute Gasteiger partial charge is 0.417 e. The molecule has 1 aromatic carbocycles. The fraction of sp³-hybridized carbons (Fsp3) is 0.500. The van der Waals surface area contributed by atoms with Gasteiger partial charge in [-0.05, 0) is 36.5 Å². The first kappa shape index (κ1) is 12.7. The summed E-state index contributed by atoms with van der Waals surface area (Å²) in [5, 5.41) is 3.96. The molecule has 0 aromatic heterocycles. The summed E-state index contributed by atoms with van der Waals surface area (Å²) in [6.45, 7) is 1.46.